The third-order valence-corrected chi connectivity index (χ3v) is 4.10. The molecule has 1 rings (SSSR count). The van der Waals surface area contributed by atoms with Crippen LogP contribution in [-0.4, -0.2) is 40.3 Å². The minimum Gasteiger partial charge on any atom is -0.356 e. The molecular formula is C10H22IN3OS. The Bertz CT molecular complexity index is 263. The van der Waals surface area contributed by atoms with Gasteiger partial charge >= 0.3 is 0 Å². The lowest BCUT2D eigenvalue weighted by Crippen LogP contribution is -2.42. The zero-order chi connectivity index (χ0) is 11.3. The van der Waals surface area contributed by atoms with E-state index < -0.39 is 10.8 Å². The van der Waals surface area contributed by atoms with Gasteiger partial charge in [-0.3, -0.25) is 9.20 Å². The van der Waals surface area contributed by atoms with Crippen molar-refractivity contribution in [1.82, 2.24) is 10.6 Å². The maximum Gasteiger partial charge on any atom is 0.191 e. The number of guanidine groups is 1. The number of nitrogens with zero attached hydrogens (tertiary/aromatic N) is 1. The third kappa shape index (κ3) is 6.03. The summed E-state index contributed by atoms with van der Waals surface area (Å²) in [5.74, 6) is 1.52. The topological polar surface area (TPSA) is 53.5 Å². The molecule has 0 bridgehead atoms. The first-order valence-corrected chi connectivity index (χ1v) is 6.73. The van der Waals surface area contributed by atoms with Crippen LogP contribution in [0.2, 0.25) is 0 Å². The van der Waals surface area contributed by atoms with E-state index in [1.807, 2.05) is 20.8 Å². The van der Waals surface area contributed by atoms with Crippen LogP contribution in [0.4, 0.5) is 0 Å². The van der Waals surface area contributed by atoms with Crippen molar-refractivity contribution in [3.63, 3.8) is 0 Å². The van der Waals surface area contributed by atoms with Gasteiger partial charge in [0.25, 0.3) is 0 Å². The van der Waals surface area contributed by atoms with E-state index in [2.05, 4.69) is 15.6 Å². The highest BCUT2D eigenvalue weighted by molar-refractivity contribution is 14.0. The molecule has 2 N–H and O–H groups in total. The summed E-state index contributed by atoms with van der Waals surface area (Å²) in [6.07, 6.45) is 1.10. The quantitative estimate of drug-likeness (QED) is 0.742. The Morgan fingerprint density at radius 3 is 2.69 bits per heavy atom. The molecule has 0 saturated heterocycles. The molecule has 0 aliphatic carbocycles. The molecule has 96 valence electrons. The number of halogens is 1. The van der Waals surface area contributed by atoms with Gasteiger partial charge in [-0.1, -0.05) is 0 Å². The highest BCUT2D eigenvalue weighted by Gasteiger charge is 2.18. The van der Waals surface area contributed by atoms with E-state index in [0.717, 1.165) is 32.0 Å². The molecule has 0 aromatic carbocycles. The molecule has 16 heavy (non-hydrogen) atoms. The van der Waals surface area contributed by atoms with Crippen LogP contribution in [-0.2, 0) is 10.8 Å². The summed E-state index contributed by atoms with van der Waals surface area (Å²) in [4.78, 5) is 4.28. The lowest BCUT2D eigenvalue weighted by molar-refractivity contribution is 0.646. The van der Waals surface area contributed by atoms with Crippen LogP contribution in [0, 0.1) is 0 Å². The first-order valence-electron chi connectivity index (χ1n) is 5.41. The number of rotatable bonds is 3. The van der Waals surface area contributed by atoms with Gasteiger partial charge in [0.2, 0.25) is 0 Å². The van der Waals surface area contributed by atoms with E-state index in [-0.39, 0.29) is 28.7 Å². The van der Waals surface area contributed by atoms with Crippen molar-refractivity contribution in [3.8, 4) is 0 Å². The summed E-state index contributed by atoms with van der Waals surface area (Å²) < 4.78 is 11.6. The van der Waals surface area contributed by atoms with E-state index in [4.69, 9.17) is 0 Å². The monoisotopic (exact) mass is 359 g/mol. The summed E-state index contributed by atoms with van der Waals surface area (Å²) in [5.41, 5.74) is 0. The minimum absolute atomic E-state index is 0. The average molecular weight is 359 g/mol. The second kappa shape index (κ2) is 7.47. The summed E-state index contributed by atoms with van der Waals surface area (Å²) in [6, 6.07) is 0. The van der Waals surface area contributed by atoms with E-state index >= 15 is 0 Å². The van der Waals surface area contributed by atoms with Gasteiger partial charge < -0.3 is 10.6 Å². The van der Waals surface area contributed by atoms with Crippen molar-refractivity contribution in [1.29, 1.82) is 0 Å². The highest BCUT2D eigenvalue weighted by atomic mass is 127. The van der Waals surface area contributed by atoms with Crippen molar-refractivity contribution < 1.29 is 4.21 Å². The molecule has 1 unspecified atom stereocenters. The molecule has 0 amide bonds. The Kier molecular flexibility index (Phi) is 7.54. The second-order valence-corrected chi connectivity index (χ2v) is 6.92. The Morgan fingerprint density at radius 2 is 2.19 bits per heavy atom. The molecule has 0 aromatic heterocycles. The molecule has 0 fully saturated rings. The van der Waals surface area contributed by atoms with Gasteiger partial charge in [-0.05, 0) is 27.2 Å². The molecule has 1 aliphatic rings. The molecule has 1 atom stereocenters. The van der Waals surface area contributed by atoms with E-state index in [9.17, 15) is 4.21 Å². The highest BCUT2D eigenvalue weighted by Crippen LogP contribution is 2.10. The second-order valence-electron chi connectivity index (χ2n) is 4.60. The Hall–Kier alpha value is 0.150. The van der Waals surface area contributed by atoms with Gasteiger partial charge in [0.1, 0.15) is 0 Å². The zero-order valence-corrected chi connectivity index (χ0v) is 13.4. The largest absolute Gasteiger partial charge is 0.356 e. The fourth-order valence-electron chi connectivity index (χ4n) is 1.22. The summed E-state index contributed by atoms with van der Waals surface area (Å²) in [7, 11) is -0.787. The normalized spacial score (nSPS) is 17.8. The first-order chi connectivity index (χ1) is 7.00. The standard InChI is InChI=1S/C10H21N3OS.HI/c1-10(2,3)15(14)8-7-13-9-11-5-4-6-12-9;/h4-8H2,1-3H3,(H2,11,12,13);1H. The Morgan fingerprint density at radius 1 is 1.50 bits per heavy atom. The SMILES string of the molecule is CC(C)(C)S(=O)CCNC1=NCCCN1.I. The van der Waals surface area contributed by atoms with Gasteiger partial charge in [-0.2, -0.15) is 0 Å². The maximum atomic E-state index is 11.7. The Balaban J connectivity index is 0.00000225. The van der Waals surface area contributed by atoms with Crippen LogP contribution in [0.25, 0.3) is 0 Å². The molecule has 1 aliphatic heterocycles. The van der Waals surface area contributed by atoms with Crippen LogP contribution in [0.1, 0.15) is 27.2 Å². The minimum atomic E-state index is -0.787. The van der Waals surface area contributed by atoms with Gasteiger partial charge in [0, 0.05) is 40.9 Å². The van der Waals surface area contributed by atoms with Crippen molar-refractivity contribution >= 4 is 40.7 Å². The van der Waals surface area contributed by atoms with Crippen molar-refractivity contribution in [2.24, 2.45) is 4.99 Å². The molecule has 0 spiro atoms. The van der Waals surface area contributed by atoms with E-state index in [0.29, 0.717) is 5.75 Å². The Labute approximate surface area is 118 Å². The van der Waals surface area contributed by atoms with Crippen LogP contribution >= 0.6 is 24.0 Å². The fraction of sp³-hybridized carbons (Fsp3) is 0.900. The van der Waals surface area contributed by atoms with Crippen molar-refractivity contribution in [2.45, 2.75) is 31.9 Å². The van der Waals surface area contributed by atoms with E-state index in [1.165, 1.54) is 0 Å². The van der Waals surface area contributed by atoms with Gasteiger partial charge in [-0.15, -0.1) is 24.0 Å². The molecule has 0 aromatic rings. The molecule has 0 radical (unpaired) electrons. The third-order valence-electron chi connectivity index (χ3n) is 2.16. The summed E-state index contributed by atoms with van der Waals surface area (Å²) in [6.45, 7) is 8.58. The average Bonchev–Trinajstić information content (AvgIpc) is 2.18. The van der Waals surface area contributed by atoms with E-state index in [1.54, 1.807) is 0 Å². The molecular weight excluding hydrogens is 337 g/mol. The maximum absolute atomic E-state index is 11.7. The van der Waals surface area contributed by atoms with Crippen LogP contribution in [0.3, 0.4) is 0 Å². The summed E-state index contributed by atoms with van der Waals surface area (Å²) in [5, 5.41) is 6.34. The number of nitrogens with one attached hydrogen (secondary N) is 2. The fourth-order valence-corrected chi connectivity index (χ4v) is 2.12. The number of hydrogen-bond donors (Lipinski definition) is 2. The summed E-state index contributed by atoms with van der Waals surface area (Å²) >= 11 is 0. The predicted octanol–water partition coefficient (Wildman–Crippen LogP) is 1.09. The molecule has 6 heteroatoms. The lowest BCUT2D eigenvalue weighted by Gasteiger charge is -2.19. The van der Waals surface area contributed by atoms with Crippen molar-refractivity contribution in [2.75, 3.05) is 25.4 Å². The van der Waals surface area contributed by atoms with Crippen LogP contribution in [0.15, 0.2) is 4.99 Å². The van der Waals surface area contributed by atoms with Crippen LogP contribution < -0.4 is 10.6 Å². The number of hydrogen-bond acceptors (Lipinski definition) is 4. The molecule has 4 nitrogen and oxygen atoms in total. The first kappa shape index (κ1) is 16.1. The van der Waals surface area contributed by atoms with Crippen molar-refractivity contribution in [3.05, 3.63) is 0 Å². The van der Waals surface area contributed by atoms with Gasteiger partial charge in [0.05, 0.1) is 0 Å². The zero-order valence-electron chi connectivity index (χ0n) is 10.2. The number of aliphatic imine (C=N–C) groups is 1. The smallest absolute Gasteiger partial charge is 0.191 e. The molecule has 1 heterocycles. The predicted molar refractivity (Wildman–Crippen MR) is 81.1 cm³/mol. The van der Waals surface area contributed by atoms with Gasteiger partial charge in [-0.25, -0.2) is 0 Å². The lowest BCUT2D eigenvalue weighted by atomic mass is 10.3. The van der Waals surface area contributed by atoms with Crippen LogP contribution in [0.5, 0.6) is 0 Å². The molecule has 0 saturated carbocycles. The van der Waals surface area contributed by atoms with Gasteiger partial charge in [0.15, 0.2) is 5.96 Å².